The first-order valence-electron chi connectivity index (χ1n) is 5.83. The Morgan fingerprint density at radius 2 is 2.00 bits per heavy atom. The maximum atomic E-state index is 10.8. The average Bonchev–Trinajstić information content (AvgIpc) is 2.32. The molecule has 0 bridgehead atoms. The van der Waals surface area contributed by atoms with Crippen molar-refractivity contribution in [1.29, 1.82) is 0 Å². The first-order valence-corrected chi connectivity index (χ1v) is 5.83. The number of piperidine rings is 1. The minimum Gasteiger partial charge on any atom is -0.399 e. The van der Waals surface area contributed by atoms with Crippen molar-refractivity contribution in [3.63, 3.8) is 0 Å². The molecule has 0 saturated carbocycles. The van der Waals surface area contributed by atoms with E-state index in [0.717, 1.165) is 25.9 Å². The van der Waals surface area contributed by atoms with E-state index in [1.807, 2.05) is 5.06 Å². The molecule has 2 rings (SSSR count). The summed E-state index contributed by atoms with van der Waals surface area (Å²) < 4.78 is 0. The molecule has 1 aromatic carbocycles. The van der Waals surface area contributed by atoms with Gasteiger partial charge < -0.3 is 4.84 Å². The molecular weight excluding hydrogens is 220 g/mol. The summed E-state index contributed by atoms with van der Waals surface area (Å²) in [6, 6.07) is 6.48. The van der Waals surface area contributed by atoms with Crippen molar-refractivity contribution in [2.75, 3.05) is 13.1 Å². The van der Waals surface area contributed by atoms with Gasteiger partial charge in [-0.3, -0.25) is 10.1 Å². The molecule has 0 aliphatic carbocycles. The molecule has 0 amide bonds. The van der Waals surface area contributed by atoms with Crippen LogP contribution in [0.5, 0.6) is 5.75 Å². The van der Waals surface area contributed by atoms with Crippen LogP contribution in [0.3, 0.4) is 0 Å². The molecule has 0 N–H and O–H groups in total. The maximum Gasteiger partial charge on any atom is 0.313 e. The predicted molar refractivity (Wildman–Crippen MR) is 63.7 cm³/mol. The smallest absolute Gasteiger partial charge is 0.313 e. The number of hydrogen-bond donors (Lipinski definition) is 0. The second-order valence-electron chi connectivity index (χ2n) is 4.43. The quantitative estimate of drug-likeness (QED) is 0.598. The lowest BCUT2D eigenvalue weighted by molar-refractivity contribution is -0.387. The zero-order valence-corrected chi connectivity index (χ0v) is 9.83. The Hall–Kier alpha value is -1.62. The first-order chi connectivity index (χ1) is 8.16. The molecule has 1 saturated heterocycles. The minimum atomic E-state index is -0.415. The van der Waals surface area contributed by atoms with E-state index >= 15 is 0 Å². The largest absolute Gasteiger partial charge is 0.399 e. The Bertz CT molecular complexity index is 400. The van der Waals surface area contributed by atoms with E-state index in [4.69, 9.17) is 4.84 Å². The van der Waals surface area contributed by atoms with E-state index in [9.17, 15) is 10.1 Å². The third kappa shape index (κ3) is 2.94. The summed E-state index contributed by atoms with van der Waals surface area (Å²) in [7, 11) is 0. The van der Waals surface area contributed by atoms with Crippen LogP contribution in [0.15, 0.2) is 24.3 Å². The minimum absolute atomic E-state index is 0.0196. The van der Waals surface area contributed by atoms with Crippen LogP contribution in [0.4, 0.5) is 5.69 Å². The van der Waals surface area contributed by atoms with Gasteiger partial charge in [-0.2, -0.15) is 0 Å². The average molecular weight is 236 g/mol. The number of hydroxylamine groups is 2. The lowest BCUT2D eigenvalue weighted by Gasteiger charge is -2.29. The van der Waals surface area contributed by atoms with Gasteiger partial charge in [0, 0.05) is 19.2 Å². The molecule has 17 heavy (non-hydrogen) atoms. The third-order valence-corrected chi connectivity index (χ3v) is 3.03. The van der Waals surface area contributed by atoms with E-state index in [1.165, 1.54) is 6.07 Å². The van der Waals surface area contributed by atoms with Crippen molar-refractivity contribution in [1.82, 2.24) is 5.06 Å². The van der Waals surface area contributed by atoms with Crippen LogP contribution in [0, 0.1) is 16.0 Å². The zero-order chi connectivity index (χ0) is 12.3. The van der Waals surface area contributed by atoms with Crippen molar-refractivity contribution in [3.05, 3.63) is 34.4 Å². The molecule has 1 heterocycles. The number of hydrogen-bond acceptors (Lipinski definition) is 4. The van der Waals surface area contributed by atoms with Crippen molar-refractivity contribution >= 4 is 5.69 Å². The molecule has 0 atom stereocenters. The van der Waals surface area contributed by atoms with Gasteiger partial charge in [-0.05, 0) is 24.8 Å². The highest BCUT2D eigenvalue weighted by atomic mass is 16.7. The van der Waals surface area contributed by atoms with Gasteiger partial charge in [-0.1, -0.05) is 19.1 Å². The van der Waals surface area contributed by atoms with E-state index in [1.54, 1.807) is 18.2 Å². The Balaban J connectivity index is 2.05. The summed E-state index contributed by atoms with van der Waals surface area (Å²) in [6.07, 6.45) is 2.14. The summed E-state index contributed by atoms with van der Waals surface area (Å²) in [5.41, 5.74) is 0.0196. The molecule has 0 aromatic heterocycles. The summed E-state index contributed by atoms with van der Waals surface area (Å²) in [5, 5.41) is 12.6. The molecule has 5 nitrogen and oxygen atoms in total. The van der Waals surface area contributed by atoms with Gasteiger partial charge in [0.2, 0.25) is 5.75 Å². The lowest BCUT2D eigenvalue weighted by Crippen LogP contribution is -2.35. The van der Waals surface area contributed by atoms with E-state index in [0.29, 0.717) is 11.7 Å². The highest BCUT2D eigenvalue weighted by molar-refractivity contribution is 5.45. The fraction of sp³-hybridized carbons (Fsp3) is 0.500. The number of nitrogens with zero attached hydrogens (tertiary/aromatic N) is 2. The van der Waals surface area contributed by atoms with Crippen LogP contribution in [0.1, 0.15) is 19.8 Å². The van der Waals surface area contributed by atoms with Crippen LogP contribution in [0.2, 0.25) is 0 Å². The van der Waals surface area contributed by atoms with Crippen LogP contribution < -0.4 is 4.84 Å². The lowest BCUT2D eigenvalue weighted by atomic mass is 10.0. The normalized spacial score (nSPS) is 17.9. The van der Waals surface area contributed by atoms with Gasteiger partial charge in [-0.15, -0.1) is 5.06 Å². The van der Waals surface area contributed by atoms with Crippen LogP contribution in [-0.4, -0.2) is 23.1 Å². The fourth-order valence-electron chi connectivity index (χ4n) is 1.90. The van der Waals surface area contributed by atoms with Gasteiger partial charge in [0.25, 0.3) is 0 Å². The summed E-state index contributed by atoms with van der Waals surface area (Å²) in [6.45, 7) is 3.86. The Morgan fingerprint density at radius 3 is 2.65 bits per heavy atom. The first kappa shape index (κ1) is 11.9. The molecule has 0 spiro atoms. The van der Waals surface area contributed by atoms with Crippen molar-refractivity contribution in [3.8, 4) is 5.75 Å². The van der Waals surface area contributed by atoms with Crippen LogP contribution in [-0.2, 0) is 0 Å². The molecule has 1 fully saturated rings. The highest BCUT2D eigenvalue weighted by Crippen LogP contribution is 2.28. The standard InChI is InChI=1S/C12H16N2O3/c1-10-6-8-13(9-7-10)17-12-5-3-2-4-11(12)14(15)16/h2-5,10H,6-9H2,1H3. The third-order valence-electron chi connectivity index (χ3n) is 3.03. The second-order valence-corrected chi connectivity index (χ2v) is 4.43. The van der Waals surface area contributed by atoms with Crippen LogP contribution in [0.25, 0.3) is 0 Å². The maximum absolute atomic E-state index is 10.8. The Kier molecular flexibility index (Phi) is 3.58. The summed E-state index contributed by atoms with van der Waals surface area (Å²) in [4.78, 5) is 16.0. The molecular formula is C12H16N2O3. The number of rotatable bonds is 3. The Morgan fingerprint density at radius 1 is 1.35 bits per heavy atom. The molecule has 92 valence electrons. The second kappa shape index (κ2) is 5.14. The van der Waals surface area contributed by atoms with Crippen LogP contribution >= 0.6 is 0 Å². The van der Waals surface area contributed by atoms with Gasteiger partial charge in [0.05, 0.1) is 4.92 Å². The molecule has 0 unspecified atom stereocenters. The van der Waals surface area contributed by atoms with Gasteiger partial charge in [0.15, 0.2) is 0 Å². The molecule has 0 radical (unpaired) electrons. The molecule has 1 aromatic rings. The topological polar surface area (TPSA) is 55.6 Å². The monoisotopic (exact) mass is 236 g/mol. The number of nitro groups is 1. The van der Waals surface area contributed by atoms with Crippen molar-refractivity contribution in [2.24, 2.45) is 5.92 Å². The number of nitro benzene ring substituents is 1. The summed E-state index contributed by atoms with van der Waals surface area (Å²) in [5.74, 6) is 1.03. The Labute approximate surface area is 100 Å². The van der Waals surface area contributed by atoms with Crippen molar-refractivity contribution in [2.45, 2.75) is 19.8 Å². The van der Waals surface area contributed by atoms with Gasteiger partial charge in [-0.25, -0.2) is 0 Å². The van der Waals surface area contributed by atoms with Gasteiger partial charge in [0.1, 0.15) is 0 Å². The highest BCUT2D eigenvalue weighted by Gasteiger charge is 2.21. The molecule has 5 heteroatoms. The van der Waals surface area contributed by atoms with E-state index < -0.39 is 4.92 Å². The SMILES string of the molecule is CC1CCN(Oc2ccccc2[N+](=O)[O-])CC1. The molecule has 1 aliphatic rings. The number of para-hydroxylation sites is 2. The summed E-state index contributed by atoms with van der Waals surface area (Å²) >= 11 is 0. The van der Waals surface area contributed by atoms with Crippen molar-refractivity contribution < 1.29 is 9.76 Å². The fourth-order valence-corrected chi connectivity index (χ4v) is 1.90. The van der Waals surface area contributed by atoms with E-state index in [2.05, 4.69) is 6.92 Å². The zero-order valence-electron chi connectivity index (χ0n) is 9.83. The van der Waals surface area contributed by atoms with E-state index in [-0.39, 0.29) is 5.69 Å². The van der Waals surface area contributed by atoms with Gasteiger partial charge >= 0.3 is 5.69 Å². The number of benzene rings is 1. The molecule has 1 aliphatic heterocycles. The predicted octanol–water partition coefficient (Wildman–Crippen LogP) is 2.62.